The van der Waals surface area contributed by atoms with E-state index in [0.29, 0.717) is 11.3 Å². The number of carbonyl (C=O) groups excluding carboxylic acids is 2. The van der Waals surface area contributed by atoms with Crippen molar-refractivity contribution in [1.29, 1.82) is 0 Å². The van der Waals surface area contributed by atoms with Crippen molar-refractivity contribution in [3.05, 3.63) is 69.8 Å². The van der Waals surface area contributed by atoms with Crippen LogP contribution in [0.15, 0.2) is 48.5 Å². The zero-order valence-corrected chi connectivity index (χ0v) is 14.5. The highest BCUT2D eigenvalue weighted by Crippen LogP contribution is 2.30. The highest BCUT2D eigenvalue weighted by atomic mass is 32.2. The van der Waals surface area contributed by atoms with E-state index in [1.165, 1.54) is 48.5 Å². The molecule has 1 aliphatic rings. The third-order valence-electron chi connectivity index (χ3n) is 3.85. The molecule has 1 aliphatic heterocycles. The molecule has 3 rings (SSSR count). The highest BCUT2D eigenvalue weighted by Gasteiger charge is 2.39. The second kappa shape index (κ2) is 7.46. The van der Waals surface area contributed by atoms with Gasteiger partial charge in [0.15, 0.2) is 5.37 Å². The summed E-state index contributed by atoms with van der Waals surface area (Å²) in [5, 5.41) is 21.2. The van der Waals surface area contributed by atoms with Crippen molar-refractivity contribution in [3.63, 3.8) is 0 Å². The normalized spacial score (nSPS) is 16.4. The number of hydrogen-bond acceptors (Lipinski definition) is 7. The van der Waals surface area contributed by atoms with E-state index in [0.717, 1.165) is 16.7 Å². The second-order valence-corrected chi connectivity index (χ2v) is 6.69. The molecule has 1 saturated heterocycles. The molecule has 0 bridgehead atoms. The molecule has 2 aromatic rings. The van der Waals surface area contributed by atoms with Gasteiger partial charge in [-0.15, -0.1) is 0 Å². The van der Waals surface area contributed by atoms with Crippen molar-refractivity contribution in [2.75, 3.05) is 5.32 Å². The van der Waals surface area contributed by atoms with E-state index in [2.05, 4.69) is 5.32 Å². The summed E-state index contributed by atoms with van der Waals surface area (Å²) < 4.78 is 0. The van der Waals surface area contributed by atoms with Crippen LogP contribution in [0, 0.1) is 10.1 Å². The van der Waals surface area contributed by atoms with Gasteiger partial charge in [-0.1, -0.05) is 12.1 Å². The van der Waals surface area contributed by atoms with E-state index < -0.39 is 27.4 Å². The first-order chi connectivity index (χ1) is 12.8. The third-order valence-corrected chi connectivity index (χ3v) is 4.82. The molecule has 2 N–H and O–H groups in total. The maximum atomic E-state index is 12.5. The summed E-state index contributed by atoms with van der Waals surface area (Å²) in [6, 6.07) is 11.4. The van der Waals surface area contributed by atoms with Crippen LogP contribution in [0.25, 0.3) is 0 Å². The number of carboxylic acids is 1. The molecule has 1 heterocycles. The Balaban J connectivity index is 1.67. The Hall–Kier alpha value is -3.40. The number of amides is 2. The number of nitrogens with zero attached hydrogens (tertiary/aromatic N) is 2. The Bertz CT molecular complexity index is 913. The molecule has 9 nitrogen and oxygen atoms in total. The lowest BCUT2D eigenvalue weighted by molar-refractivity contribution is -0.384. The molecule has 1 atom stereocenters. The summed E-state index contributed by atoms with van der Waals surface area (Å²) in [4.78, 5) is 46.7. The Morgan fingerprint density at radius 2 is 1.78 bits per heavy atom. The van der Waals surface area contributed by atoms with Gasteiger partial charge in [-0.3, -0.25) is 24.6 Å². The third kappa shape index (κ3) is 4.06. The number of hydrogen-bond donors (Lipinski definition) is 2. The standard InChI is InChI=1S/C17H13N3O6S/c21-15-14(18-12-5-3-11(4-6-12)16(22)23)27-17(24)19(15)9-10-1-7-13(8-2-10)20(25)26/h1-8,14,18H,9H2,(H,22,23). The lowest BCUT2D eigenvalue weighted by Crippen LogP contribution is -2.33. The Morgan fingerprint density at radius 3 is 2.33 bits per heavy atom. The van der Waals surface area contributed by atoms with Crippen LogP contribution < -0.4 is 5.32 Å². The number of carbonyl (C=O) groups is 3. The number of rotatable bonds is 6. The van der Waals surface area contributed by atoms with Crippen LogP contribution in [-0.2, 0) is 11.3 Å². The lowest BCUT2D eigenvalue weighted by Gasteiger charge is -2.15. The summed E-state index contributed by atoms with van der Waals surface area (Å²) in [5.41, 5.74) is 1.14. The summed E-state index contributed by atoms with van der Waals surface area (Å²) in [5.74, 6) is -1.50. The van der Waals surface area contributed by atoms with Gasteiger partial charge in [0.1, 0.15) is 0 Å². The number of aromatic carboxylic acids is 1. The van der Waals surface area contributed by atoms with Gasteiger partial charge in [-0.05, 0) is 41.6 Å². The summed E-state index contributed by atoms with van der Waals surface area (Å²) >= 11 is 0.816. The average Bonchev–Trinajstić information content (AvgIpc) is 2.90. The molecule has 0 spiro atoms. The average molecular weight is 387 g/mol. The fraction of sp³-hybridized carbons (Fsp3) is 0.118. The van der Waals surface area contributed by atoms with Crippen LogP contribution in [0.2, 0.25) is 0 Å². The molecule has 10 heteroatoms. The van der Waals surface area contributed by atoms with E-state index in [-0.39, 0.29) is 17.8 Å². The van der Waals surface area contributed by atoms with E-state index in [1.54, 1.807) is 0 Å². The van der Waals surface area contributed by atoms with Crippen LogP contribution in [0.4, 0.5) is 16.2 Å². The summed E-state index contributed by atoms with van der Waals surface area (Å²) in [6.07, 6.45) is 0. The highest BCUT2D eigenvalue weighted by molar-refractivity contribution is 8.15. The molecule has 0 saturated carbocycles. The Kier molecular flexibility index (Phi) is 5.08. The fourth-order valence-corrected chi connectivity index (χ4v) is 3.35. The van der Waals surface area contributed by atoms with Gasteiger partial charge in [0.2, 0.25) is 0 Å². The van der Waals surface area contributed by atoms with E-state index in [1.807, 2.05) is 0 Å². The Labute approximate surface area is 157 Å². The van der Waals surface area contributed by atoms with Crippen molar-refractivity contribution < 1.29 is 24.4 Å². The topological polar surface area (TPSA) is 130 Å². The maximum Gasteiger partial charge on any atom is 0.335 e. The zero-order chi connectivity index (χ0) is 19.6. The Morgan fingerprint density at radius 1 is 1.15 bits per heavy atom. The number of nitro benzene ring substituents is 1. The molecule has 0 radical (unpaired) electrons. The number of nitrogens with one attached hydrogen (secondary N) is 1. The van der Waals surface area contributed by atoms with Gasteiger partial charge in [0.25, 0.3) is 16.8 Å². The van der Waals surface area contributed by atoms with E-state index >= 15 is 0 Å². The molecule has 2 aromatic carbocycles. The zero-order valence-electron chi connectivity index (χ0n) is 13.7. The number of benzene rings is 2. The predicted molar refractivity (Wildman–Crippen MR) is 97.4 cm³/mol. The van der Waals surface area contributed by atoms with Gasteiger partial charge < -0.3 is 10.4 Å². The first kappa shape index (κ1) is 18.4. The molecule has 2 amide bonds. The smallest absolute Gasteiger partial charge is 0.335 e. The van der Waals surface area contributed by atoms with Gasteiger partial charge in [-0.25, -0.2) is 4.79 Å². The minimum Gasteiger partial charge on any atom is -0.478 e. The van der Waals surface area contributed by atoms with Crippen molar-refractivity contribution in [3.8, 4) is 0 Å². The minimum absolute atomic E-state index is 0.0127. The van der Waals surface area contributed by atoms with Gasteiger partial charge in [-0.2, -0.15) is 0 Å². The first-order valence-corrected chi connectivity index (χ1v) is 8.58. The maximum absolute atomic E-state index is 12.5. The van der Waals surface area contributed by atoms with E-state index in [9.17, 15) is 24.5 Å². The van der Waals surface area contributed by atoms with E-state index in [4.69, 9.17) is 5.11 Å². The molecule has 0 aliphatic carbocycles. The fourth-order valence-electron chi connectivity index (χ4n) is 2.45. The van der Waals surface area contributed by atoms with Crippen LogP contribution in [-0.4, -0.2) is 37.4 Å². The van der Waals surface area contributed by atoms with Crippen LogP contribution in [0.3, 0.4) is 0 Å². The molecule has 1 fully saturated rings. The van der Waals surface area contributed by atoms with Crippen molar-refractivity contribution in [2.24, 2.45) is 0 Å². The van der Waals surface area contributed by atoms with Crippen LogP contribution in [0.5, 0.6) is 0 Å². The summed E-state index contributed by atoms with van der Waals surface area (Å²) in [6.45, 7) is 0.0127. The quantitative estimate of drug-likeness (QED) is 0.571. The van der Waals surface area contributed by atoms with Crippen molar-refractivity contribution >= 4 is 40.3 Å². The second-order valence-electron chi connectivity index (χ2n) is 5.64. The van der Waals surface area contributed by atoms with Crippen molar-refractivity contribution in [1.82, 2.24) is 4.90 Å². The van der Waals surface area contributed by atoms with Crippen LogP contribution in [0.1, 0.15) is 15.9 Å². The molecule has 138 valence electrons. The van der Waals surface area contributed by atoms with Crippen LogP contribution >= 0.6 is 11.8 Å². The lowest BCUT2D eigenvalue weighted by atomic mass is 10.2. The van der Waals surface area contributed by atoms with Crippen molar-refractivity contribution in [2.45, 2.75) is 11.9 Å². The van der Waals surface area contributed by atoms with Gasteiger partial charge >= 0.3 is 5.97 Å². The molecule has 1 unspecified atom stereocenters. The molecule has 0 aromatic heterocycles. The number of anilines is 1. The summed E-state index contributed by atoms with van der Waals surface area (Å²) in [7, 11) is 0. The van der Waals surface area contributed by atoms with Gasteiger partial charge in [0.05, 0.1) is 17.0 Å². The number of nitro groups is 1. The molecular formula is C17H13N3O6S. The first-order valence-electron chi connectivity index (χ1n) is 7.70. The number of imide groups is 1. The molecular weight excluding hydrogens is 374 g/mol. The SMILES string of the molecule is O=C(O)c1ccc(NC2SC(=O)N(Cc3ccc([N+](=O)[O-])cc3)C2=O)cc1. The predicted octanol–water partition coefficient (Wildman–Crippen LogP) is 2.93. The number of non-ortho nitro benzene ring substituents is 1. The molecule has 27 heavy (non-hydrogen) atoms. The largest absolute Gasteiger partial charge is 0.478 e. The number of carboxylic acid groups (broad SMARTS) is 1. The number of thioether (sulfide) groups is 1. The van der Waals surface area contributed by atoms with Gasteiger partial charge in [0, 0.05) is 17.8 Å². The minimum atomic E-state index is -1.06. The monoisotopic (exact) mass is 387 g/mol.